The Labute approximate surface area is 110 Å². The van der Waals surface area contributed by atoms with Gasteiger partial charge in [0.15, 0.2) is 0 Å². The first-order valence-electron chi connectivity index (χ1n) is 0.730. The molecule has 0 amide bonds. The zero-order valence-electron chi connectivity index (χ0n) is 7.26. The Kier molecular flexibility index (Phi) is 2120. The van der Waals surface area contributed by atoms with Crippen molar-refractivity contribution in [3.8, 4) is 0 Å². The Hall–Kier alpha value is 0.845. The van der Waals surface area contributed by atoms with Crippen LogP contribution < -0.4 is 16.2 Å². The molecule has 0 unspecified atom stereocenters. The van der Waals surface area contributed by atoms with E-state index >= 15 is 0 Å². The quantitative estimate of drug-likeness (QED) is 0.400. The summed E-state index contributed by atoms with van der Waals surface area (Å²) >= 11 is 0. The second kappa shape index (κ2) is 155. The first-order chi connectivity index (χ1) is 1.73. The van der Waals surface area contributed by atoms with Crippen LogP contribution in [0.1, 0.15) is 0 Å². The van der Waals surface area contributed by atoms with Gasteiger partial charge in [0, 0.05) is 0 Å². The van der Waals surface area contributed by atoms with Crippen LogP contribution in [-0.2, 0) is 0 Å². The molecule has 14 heteroatoms. The van der Waals surface area contributed by atoms with E-state index in [1.807, 2.05) is 0 Å². The van der Waals surface area contributed by atoms with E-state index in [9.17, 15) is 0 Å². The standard InChI is InChI=1S/BHO3.Ca.H3N.8H2O/c2-1(3)4;;;;;;;;;;/h2H;;1H3;8*1H2/q-2;+2;;;;;;;;;. The number of hydrogen-bond donors (Lipinski definition) is 2. The van der Waals surface area contributed by atoms with Crippen LogP contribution in [0.3, 0.4) is 0 Å². The fourth-order valence-electron chi connectivity index (χ4n) is 0. The molecular formula is H20BCaNO11. The zero-order valence-corrected chi connectivity index (χ0v) is 9.46. The maximum atomic E-state index is 8.53. The summed E-state index contributed by atoms with van der Waals surface area (Å²) in [6.45, 7) is 0. The van der Waals surface area contributed by atoms with E-state index in [4.69, 9.17) is 15.1 Å². The van der Waals surface area contributed by atoms with E-state index in [1.165, 1.54) is 0 Å². The van der Waals surface area contributed by atoms with Crippen LogP contribution in [0, 0.1) is 0 Å². The van der Waals surface area contributed by atoms with Gasteiger partial charge in [-0.3, -0.25) is 0 Å². The Morgan fingerprint density at radius 2 is 0.643 bits per heavy atom. The van der Waals surface area contributed by atoms with Gasteiger partial charge >= 0.3 is 37.7 Å². The van der Waals surface area contributed by atoms with Crippen molar-refractivity contribution in [2.75, 3.05) is 0 Å². The SMILES string of the molecule is N.O.O.O.O.O.O.O.O.[Ca+2].[O-]B([O-])O. The molecule has 12 nitrogen and oxygen atoms in total. The summed E-state index contributed by atoms with van der Waals surface area (Å²) in [4.78, 5) is 0. The van der Waals surface area contributed by atoms with Crippen molar-refractivity contribution in [1.29, 1.82) is 0 Å². The molecule has 0 fully saturated rings. The molecule has 0 aliphatic rings. The van der Waals surface area contributed by atoms with E-state index < -0.39 is 7.32 Å². The summed E-state index contributed by atoms with van der Waals surface area (Å²) in [6, 6.07) is 0. The van der Waals surface area contributed by atoms with E-state index in [0.29, 0.717) is 0 Å². The van der Waals surface area contributed by atoms with Gasteiger partial charge in [0.05, 0.1) is 7.32 Å². The minimum Gasteiger partial charge on any atom is -0.871 e. The molecule has 0 radical (unpaired) electrons. The van der Waals surface area contributed by atoms with Gasteiger partial charge in [-0.05, 0) is 0 Å². The molecular weight excluding hydrogens is 241 g/mol. The normalized spacial score (nSPS) is 1.93. The van der Waals surface area contributed by atoms with Crippen LogP contribution in [0.5, 0.6) is 0 Å². The van der Waals surface area contributed by atoms with Crippen molar-refractivity contribution in [3.63, 3.8) is 0 Å². The molecule has 0 saturated heterocycles. The topological polar surface area (TPSA) is 353 Å². The van der Waals surface area contributed by atoms with E-state index in [1.54, 1.807) is 0 Å². The molecule has 0 bridgehead atoms. The Balaban J connectivity index is -0.000000001000. The second-order valence-electron chi connectivity index (χ2n) is 0.307. The molecule has 0 aromatic rings. The molecule has 0 atom stereocenters. The molecule has 0 spiro atoms. The molecule has 0 aromatic carbocycles. The van der Waals surface area contributed by atoms with Gasteiger partial charge in [-0.25, -0.2) is 0 Å². The minimum atomic E-state index is -2.67. The minimum absolute atomic E-state index is 0. The van der Waals surface area contributed by atoms with Crippen LogP contribution in [0.15, 0.2) is 0 Å². The summed E-state index contributed by atoms with van der Waals surface area (Å²) < 4.78 is 0. The molecule has 20 N–H and O–H groups in total. The van der Waals surface area contributed by atoms with Crippen LogP contribution in [0.2, 0.25) is 0 Å². The molecule has 0 aliphatic carbocycles. The predicted octanol–water partition coefficient (Wildman–Crippen LogP) is -10.1. The third-order valence-electron chi connectivity index (χ3n) is 0. The van der Waals surface area contributed by atoms with Gasteiger partial charge in [0.2, 0.25) is 0 Å². The van der Waals surface area contributed by atoms with E-state index in [2.05, 4.69) is 0 Å². The first kappa shape index (κ1) is 192. The molecule has 0 aliphatic heterocycles. The van der Waals surface area contributed by atoms with Crippen molar-refractivity contribution >= 4 is 45.1 Å². The largest absolute Gasteiger partial charge is 2.00 e. The fraction of sp³-hybridized carbons (Fsp3) is 0. The summed E-state index contributed by atoms with van der Waals surface area (Å²) in [7, 11) is -2.67. The third-order valence-corrected chi connectivity index (χ3v) is 0. The second-order valence-corrected chi connectivity index (χ2v) is 0.307. The summed E-state index contributed by atoms with van der Waals surface area (Å²) in [6.07, 6.45) is 0. The summed E-state index contributed by atoms with van der Waals surface area (Å²) in [5, 5.41) is 24.0. The number of rotatable bonds is 0. The van der Waals surface area contributed by atoms with E-state index in [0.717, 1.165) is 0 Å². The van der Waals surface area contributed by atoms with Crippen molar-refractivity contribution in [1.82, 2.24) is 6.15 Å². The summed E-state index contributed by atoms with van der Waals surface area (Å²) in [5.74, 6) is 0. The molecule has 14 heavy (non-hydrogen) atoms. The molecule has 0 saturated carbocycles. The monoisotopic (exact) mass is 261 g/mol. The average Bonchev–Trinajstić information content (AvgIpc) is 0.811. The smallest absolute Gasteiger partial charge is 0.871 e. The van der Waals surface area contributed by atoms with Gasteiger partial charge < -0.3 is 65.0 Å². The van der Waals surface area contributed by atoms with Gasteiger partial charge in [-0.15, -0.1) is 0 Å². The molecule has 0 heterocycles. The molecule has 0 aromatic heterocycles. The molecule has 0 rings (SSSR count). The zero-order chi connectivity index (χ0) is 3.58. The van der Waals surface area contributed by atoms with Gasteiger partial charge in [-0.2, -0.15) is 0 Å². The fourth-order valence-corrected chi connectivity index (χ4v) is 0. The average molecular weight is 261 g/mol. The van der Waals surface area contributed by atoms with Crippen molar-refractivity contribution in [2.45, 2.75) is 0 Å². The van der Waals surface area contributed by atoms with Gasteiger partial charge in [-0.1, -0.05) is 0 Å². The third kappa shape index (κ3) is 2530. The Morgan fingerprint density at radius 1 is 0.643 bits per heavy atom. The predicted molar refractivity (Wildman–Crippen MR) is 47.7 cm³/mol. The van der Waals surface area contributed by atoms with Crippen LogP contribution in [-0.4, -0.2) is 93.9 Å². The maximum absolute atomic E-state index is 8.53. The van der Waals surface area contributed by atoms with Crippen LogP contribution >= 0.6 is 0 Å². The van der Waals surface area contributed by atoms with E-state index in [-0.39, 0.29) is 87.7 Å². The van der Waals surface area contributed by atoms with Gasteiger partial charge in [0.1, 0.15) is 0 Å². The van der Waals surface area contributed by atoms with Crippen LogP contribution in [0.4, 0.5) is 0 Å². The van der Waals surface area contributed by atoms with Crippen molar-refractivity contribution in [2.24, 2.45) is 0 Å². The Morgan fingerprint density at radius 3 is 0.643 bits per heavy atom. The molecule has 96 valence electrons. The van der Waals surface area contributed by atoms with Crippen molar-refractivity contribution in [3.05, 3.63) is 0 Å². The maximum Gasteiger partial charge on any atom is 2.00 e. The Bertz CT molecular complexity index is 20.0. The summed E-state index contributed by atoms with van der Waals surface area (Å²) in [5.41, 5.74) is 0. The van der Waals surface area contributed by atoms with Gasteiger partial charge in [0.25, 0.3) is 0 Å². The van der Waals surface area contributed by atoms with Crippen molar-refractivity contribution < 1.29 is 58.9 Å². The number of hydrogen-bond acceptors (Lipinski definition) is 4. The van der Waals surface area contributed by atoms with Crippen LogP contribution in [0.25, 0.3) is 0 Å². The first-order valence-corrected chi connectivity index (χ1v) is 0.730.